The Morgan fingerprint density at radius 2 is 1.91 bits per heavy atom. The standard InChI is InChI=1S/C26H25N5O3/c1-16(2)31-14-23(22-13-28-15-29-26(22)31)25(33)18-10-19(12-27-11-18)30-24(32)9-17-3-5-20(6-4-17)34-21-7-8-21/h3-6,10-16,21H,7-9H2,1-2H3,(H,30,32). The monoisotopic (exact) mass is 455 g/mol. The van der Waals surface area contributed by atoms with E-state index in [0.29, 0.717) is 34.0 Å². The molecule has 1 aliphatic carbocycles. The number of nitrogens with one attached hydrogen (secondary N) is 1. The number of carbonyl (C=O) groups is 2. The van der Waals surface area contributed by atoms with Crippen LogP contribution in [0.15, 0.2) is 61.4 Å². The third-order valence-electron chi connectivity index (χ3n) is 5.69. The molecule has 1 amide bonds. The van der Waals surface area contributed by atoms with Crippen LogP contribution in [0.5, 0.6) is 5.75 Å². The molecule has 0 aliphatic heterocycles. The first-order valence-electron chi connectivity index (χ1n) is 11.3. The number of ether oxygens (including phenoxy) is 1. The number of nitrogens with zero attached hydrogens (tertiary/aromatic N) is 4. The lowest BCUT2D eigenvalue weighted by atomic mass is 10.1. The minimum atomic E-state index is -0.200. The zero-order chi connectivity index (χ0) is 23.7. The molecule has 5 rings (SSSR count). The quantitative estimate of drug-likeness (QED) is 0.396. The van der Waals surface area contributed by atoms with Gasteiger partial charge in [0, 0.05) is 35.6 Å². The summed E-state index contributed by atoms with van der Waals surface area (Å²) in [6.45, 7) is 4.06. The van der Waals surface area contributed by atoms with Gasteiger partial charge in [-0.15, -0.1) is 0 Å². The lowest BCUT2D eigenvalue weighted by Gasteiger charge is -2.08. The molecular formula is C26H25N5O3. The van der Waals surface area contributed by atoms with E-state index >= 15 is 0 Å². The average molecular weight is 456 g/mol. The fourth-order valence-corrected chi connectivity index (χ4v) is 3.81. The van der Waals surface area contributed by atoms with E-state index in [1.807, 2.05) is 42.7 Å². The highest BCUT2D eigenvalue weighted by Crippen LogP contribution is 2.27. The number of fused-ring (bicyclic) bond motifs is 1. The molecule has 0 spiro atoms. The zero-order valence-electron chi connectivity index (χ0n) is 19.1. The molecule has 172 valence electrons. The molecule has 3 heterocycles. The van der Waals surface area contributed by atoms with E-state index < -0.39 is 0 Å². The molecule has 0 unspecified atom stereocenters. The second-order valence-electron chi connectivity index (χ2n) is 8.78. The molecule has 8 nitrogen and oxygen atoms in total. The summed E-state index contributed by atoms with van der Waals surface area (Å²) in [5.74, 6) is 0.437. The Labute approximate surface area is 197 Å². The van der Waals surface area contributed by atoms with Crippen LogP contribution in [0.4, 0.5) is 5.69 Å². The number of pyridine rings is 1. The van der Waals surface area contributed by atoms with Gasteiger partial charge in [-0.25, -0.2) is 9.97 Å². The van der Waals surface area contributed by atoms with Crippen molar-refractivity contribution in [1.82, 2.24) is 19.5 Å². The number of aromatic nitrogens is 4. The number of hydrogen-bond acceptors (Lipinski definition) is 6. The number of benzene rings is 1. The van der Waals surface area contributed by atoms with Crippen LogP contribution in [0.25, 0.3) is 11.0 Å². The summed E-state index contributed by atoms with van der Waals surface area (Å²) in [6.07, 6.45) is 10.7. The van der Waals surface area contributed by atoms with Crippen LogP contribution in [-0.4, -0.2) is 37.3 Å². The topological polar surface area (TPSA) is 99.0 Å². The van der Waals surface area contributed by atoms with Gasteiger partial charge in [0.25, 0.3) is 0 Å². The molecule has 8 heteroatoms. The Bertz CT molecular complexity index is 1360. The summed E-state index contributed by atoms with van der Waals surface area (Å²) in [5.41, 5.74) is 2.93. The van der Waals surface area contributed by atoms with Gasteiger partial charge < -0.3 is 14.6 Å². The molecule has 34 heavy (non-hydrogen) atoms. The van der Waals surface area contributed by atoms with Crippen molar-refractivity contribution in [2.75, 3.05) is 5.32 Å². The number of ketones is 1. The van der Waals surface area contributed by atoms with E-state index in [9.17, 15) is 9.59 Å². The predicted molar refractivity (Wildman–Crippen MR) is 128 cm³/mol. The SMILES string of the molecule is CC(C)n1cc(C(=O)c2cncc(NC(=O)Cc3ccc(OC4CC4)cc3)c2)c2cncnc21. The van der Waals surface area contributed by atoms with Crippen LogP contribution in [0, 0.1) is 0 Å². The molecule has 0 saturated heterocycles. The maximum atomic E-state index is 13.3. The number of hydrogen-bond donors (Lipinski definition) is 1. The van der Waals surface area contributed by atoms with Crippen LogP contribution in [0.3, 0.4) is 0 Å². The number of rotatable bonds is 8. The van der Waals surface area contributed by atoms with E-state index in [2.05, 4.69) is 20.3 Å². The van der Waals surface area contributed by atoms with Crippen LogP contribution >= 0.6 is 0 Å². The first-order chi connectivity index (χ1) is 16.5. The number of amides is 1. The van der Waals surface area contributed by atoms with E-state index in [0.717, 1.165) is 24.2 Å². The molecule has 1 N–H and O–H groups in total. The highest BCUT2D eigenvalue weighted by Gasteiger charge is 2.23. The zero-order valence-corrected chi connectivity index (χ0v) is 19.1. The fraction of sp³-hybridized carbons (Fsp3) is 0.269. The Kier molecular flexibility index (Phi) is 5.79. The Hall–Kier alpha value is -4.07. The third-order valence-corrected chi connectivity index (χ3v) is 5.69. The third kappa shape index (κ3) is 4.66. The molecule has 1 aromatic carbocycles. The molecule has 0 radical (unpaired) electrons. The first-order valence-corrected chi connectivity index (χ1v) is 11.3. The van der Waals surface area contributed by atoms with Gasteiger partial charge in [0.05, 0.1) is 30.0 Å². The van der Waals surface area contributed by atoms with Gasteiger partial charge >= 0.3 is 0 Å². The highest BCUT2D eigenvalue weighted by atomic mass is 16.5. The second-order valence-corrected chi connectivity index (χ2v) is 8.78. The molecule has 0 atom stereocenters. The summed E-state index contributed by atoms with van der Waals surface area (Å²) < 4.78 is 7.69. The van der Waals surface area contributed by atoms with Gasteiger partial charge in [-0.05, 0) is 50.5 Å². The smallest absolute Gasteiger partial charge is 0.228 e. The van der Waals surface area contributed by atoms with Crippen LogP contribution in [0.1, 0.15) is 54.2 Å². The van der Waals surface area contributed by atoms with Crippen molar-refractivity contribution in [3.8, 4) is 5.75 Å². The van der Waals surface area contributed by atoms with E-state index in [1.165, 1.54) is 18.7 Å². The maximum absolute atomic E-state index is 13.3. The van der Waals surface area contributed by atoms with Crippen molar-refractivity contribution in [2.45, 2.75) is 45.3 Å². The predicted octanol–water partition coefficient (Wildman–Crippen LogP) is 4.36. The summed E-state index contributed by atoms with van der Waals surface area (Å²) in [7, 11) is 0. The summed E-state index contributed by atoms with van der Waals surface area (Å²) >= 11 is 0. The Balaban J connectivity index is 1.30. The Morgan fingerprint density at radius 1 is 1.12 bits per heavy atom. The highest BCUT2D eigenvalue weighted by molar-refractivity contribution is 6.16. The second kappa shape index (κ2) is 9.05. The molecular weight excluding hydrogens is 430 g/mol. The molecule has 3 aromatic heterocycles. The van der Waals surface area contributed by atoms with Gasteiger partial charge in [-0.2, -0.15) is 0 Å². The van der Waals surface area contributed by atoms with Gasteiger partial charge in [0.15, 0.2) is 5.78 Å². The lowest BCUT2D eigenvalue weighted by molar-refractivity contribution is -0.115. The van der Waals surface area contributed by atoms with Crippen LogP contribution in [0.2, 0.25) is 0 Å². The molecule has 1 fully saturated rings. The van der Waals surface area contributed by atoms with Crippen LogP contribution in [-0.2, 0) is 11.2 Å². The normalized spacial score (nSPS) is 13.3. The number of carbonyl (C=O) groups excluding carboxylic acids is 2. The van der Waals surface area contributed by atoms with Crippen molar-refractivity contribution in [1.29, 1.82) is 0 Å². The van der Waals surface area contributed by atoms with Gasteiger partial charge in [0.1, 0.15) is 17.7 Å². The first kappa shape index (κ1) is 21.8. The van der Waals surface area contributed by atoms with Crippen molar-refractivity contribution in [3.05, 3.63) is 78.1 Å². The van der Waals surface area contributed by atoms with Gasteiger partial charge in [-0.3, -0.25) is 14.6 Å². The average Bonchev–Trinajstić information content (AvgIpc) is 3.56. The molecule has 4 aromatic rings. The van der Waals surface area contributed by atoms with Crippen molar-refractivity contribution in [2.24, 2.45) is 0 Å². The summed E-state index contributed by atoms with van der Waals surface area (Å²) in [5, 5.41) is 3.52. The van der Waals surface area contributed by atoms with Gasteiger partial charge in [0.2, 0.25) is 5.91 Å². The van der Waals surface area contributed by atoms with Crippen molar-refractivity contribution in [3.63, 3.8) is 0 Å². The summed E-state index contributed by atoms with van der Waals surface area (Å²) in [4.78, 5) is 38.5. The molecule has 0 bridgehead atoms. The van der Waals surface area contributed by atoms with Crippen molar-refractivity contribution >= 4 is 28.4 Å². The number of anilines is 1. The summed E-state index contributed by atoms with van der Waals surface area (Å²) in [6, 6.07) is 9.34. The Morgan fingerprint density at radius 3 is 2.65 bits per heavy atom. The largest absolute Gasteiger partial charge is 0.490 e. The minimum Gasteiger partial charge on any atom is -0.490 e. The van der Waals surface area contributed by atoms with E-state index in [4.69, 9.17) is 4.74 Å². The van der Waals surface area contributed by atoms with Crippen LogP contribution < -0.4 is 10.1 Å². The van der Waals surface area contributed by atoms with Crippen molar-refractivity contribution < 1.29 is 14.3 Å². The van der Waals surface area contributed by atoms with Gasteiger partial charge in [-0.1, -0.05) is 12.1 Å². The maximum Gasteiger partial charge on any atom is 0.228 e. The minimum absolute atomic E-state index is 0.136. The lowest BCUT2D eigenvalue weighted by Crippen LogP contribution is -2.15. The van der Waals surface area contributed by atoms with E-state index in [1.54, 1.807) is 18.5 Å². The molecule has 1 aliphatic rings. The molecule has 1 saturated carbocycles. The fourth-order valence-electron chi connectivity index (χ4n) is 3.81. The van der Waals surface area contributed by atoms with E-state index in [-0.39, 0.29) is 24.2 Å².